The number of nitrogens with two attached hydrogens (primary N) is 1. The van der Waals surface area contributed by atoms with E-state index < -0.39 is 66.5 Å². The van der Waals surface area contributed by atoms with Gasteiger partial charge in [0.1, 0.15) is 54.2 Å². The van der Waals surface area contributed by atoms with Crippen LogP contribution in [-0.2, 0) is 20.8 Å². The third kappa shape index (κ3) is 8.16. The third-order valence-electron chi connectivity index (χ3n) is 8.83. The zero-order valence-electron chi connectivity index (χ0n) is 27.4. The van der Waals surface area contributed by atoms with Gasteiger partial charge in [0.15, 0.2) is 18.3 Å². The maximum absolute atomic E-state index is 12.6. The zero-order chi connectivity index (χ0) is 36.1. The summed E-state index contributed by atoms with van der Waals surface area (Å²) in [6.45, 7) is 0.811. The number of carbonyl (C=O) groups excluding carboxylic acids is 1. The van der Waals surface area contributed by atoms with E-state index in [0.717, 1.165) is 29.7 Å². The molecule has 0 bridgehead atoms. The van der Waals surface area contributed by atoms with E-state index in [1.807, 2.05) is 18.2 Å². The van der Waals surface area contributed by atoms with E-state index in [-0.39, 0.29) is 18.0 Å². The van der Waals surface area contributed by atoms with E-state index in [4.69, 9.17) is 24.7 Å². The van der Waals surface area contributed by atoms with Crippen molar-refractivity contribution in [3.05, 3.63) is 111 Å². The Morgan fingerprint density at radius 3 is 2.35 bits per heavy atom. The largest absolute Gasteiger partial charge is 0.494 e. The zero-order valence-corrected chi connectivity index (χ0v) is 27.4. The van der Waals surface area contributed by atoms with Gasteiger partial charge in [0.05, 0.1) is 12.8 Å². The number of H-pyrrole nitrogens is 1. The van der Waals surface area contributed by atoms with Crippen LogP contribution in [0, 0.1) is 0 Å². The highest BCUT2D eigenvalue weighted by Crippen LogP contribution is 2.39. The molecular weight excluding hydrogens is 668 g/mol. The molecule has 9 atom stereocenters. The monoisotopic (exact) mass is 708 g/mol. The molecule has 0 spiro atoms. The predicted molar refractivity (Wildman–Crippen MR) is 176 cm³/mol. The first-order valence-electron chi connectivity index (χ1n) is 16.6. The number of aliphatic hydroxyl groups is 4. The van der Waals surface area contributed by atoms with Crippen molar-refractivity contribution in [3.8, 4) is 5.75 Å². The SMILES string of the molecule is NC[C@H]1O[C@@H](O[C@@H](c2cn(CCCCCOc3ccc(C(=O)c4ccccc4)cc3)nn2)[C@H]2O[C@@H](n3ccc(=O)[nH]c3=O)[C@H](O)[C@@H]2O)[C@H](O)[C@@H]1O. The number of nitrogens with one attached hydrogen (secondary N) is 1. The van der Waals surface area contributed by atoms with Crippen molar-refractivity contribution in [2.75, 3.05) is 13.2 Å². The maximum atomic E-state index is 12.6. The molecule has 272 valence electrons. The van der Waals surface area contributed by atoms with E-state index in [2.05, 4.69) is 15.3 Å². The standard InChI is InChI=1S/C34H40N6O11/c35-17-23-26(43)29(46)33(49-23)51-30(31-27(44)28(45)32(50-31)40-15-13-24(41)36-34(40)47)22-18-39(38-37-22)14-5-2-6-16-48-21-11-9-20(10-12-21)25(42)19-7-3-1-4-8-19/h1,3-4,7-13,15,18,23,26-33,43-46H,2,5-6,14,16-17,35H2,(H,36,41,47)/t23-,26-,27+,28-,29-,30+,31+,32-,33+/m1/s1. The minimum Gasteiger partial charge on any atom is -0.494 e. The van der Waals surface area contributed by atoms with E-state index in [1.165, 1.54) is 0 Å². The predicted octanol–water partition coefficient (Wildman–Crippen LogP) is -0.609. The molecule has 0 saturated carbocycles. The number of nitrogens with zero attached hydrogens (tertiary/aromatic N) is 4. The van der Waals surface area contributed by atoms with Crippen LogP contribution in [-0.4, -0.2) is 107 Å². The van der Waals surface area contributed by atoms with Crippen molar-refractivity contribution in [2.24, 2.45) is 5.73 Å². The summed E-state index contributed by atoms with van der Waals surface area (Å²) in [5, 5.41) is 51.2. The molecule has 4 aromatic rings. The average Bonchev–Trinajstić information content (AvgIpc) is 3.81. The summed E-state index contributed by atoms with van der Waals surface area (Å²) < 4.78 is 25.9. The van der Waals surface area contributed by atoms with Crippen LogP contribution in [0.4, 0.5) is 0 Å². The molecule has 0 unspecified atom stereocenters. The number of ketones is 1. The van der Waals surface area contributed by atoms with Crippen LogP contribution in [0.15, 0.2) is 82.6 Å². The Balaban J connectivity index is 1.06. The smallest absolute Gasteiger partial charge is 0.330 e. The molecule has 2 aromatic carbocycles. The summed E-state index contributed by atoms with van der Waals surface area (Å²) in [5.41, 5.74) is 5.47. The molecule has 17 nitrogen and oxygen atoms in total. The van der Waals surface area contributed by atoms with Crippen molar-refractivity contribution in [1.29, 1.82) is 0 Å². The summed E-state index contributed by atoms with van der Waals surface area (Å²) in [7, 11) is 0. The maximum Gasteiger partial charge on any atom is 0.330 e. The van der Waals surface area contributed by atoms with Gasteiger partial charge in [-0.05, 0) is 43.5 Å². The Bertz CT molecular complexity index is 1870. The fourth-order valence-electron chi connectivity index (χ4n) is 6.03. The molecule has 2 saturated heterocycles. The Morgan fingerprint density at radius 1 is 0.902 bits per heavy atom. The number of aryl methyl sites for hydroxylation is 1. The Labute approximate surface area is 290 Å². The lowest BCUT2D eigenvalue weighted by Crippen LogP contribution is -2.40. The Hall–Kier alpha value is -4.59. The van der Waals surface area contributed by atoms with Gasteiger partial charge in [0.25, 0.3) is 5.56 Å². The highest BCUT2D eigenvalue weighted by atomic mass is 16.7. The van der Waals surface area contributed by atoms with Crippen LogP contribution < -0.4 is 21.7 Å². The number of benzene rings is 2. The first-order valence-corrected chi connectivity index (χ1v) is 16.6. The summed E-state index contributed by atoms with van der Waals surface area (Å²) in [5.74, 6) is 0.596. The molecule has 2 aromatic heterocycles. The van der Waals surface area contributed by atoms with Gasteiger partial charge in [-0.15, -0.1) is 5.10 Å². The molecule has 0 amide bonds. The van der Waals surface area contributed by atoms with Gasteiger partial charge in [0.2, 0.25) is 0 Å². The molecule has 17 heteroatoms. The van der Waals surface area contributed by atoms with E-state index >= 15 is 0 Å². The van der Waals surface area contributed by atoms with Crippen LogP contribution in [0.2, 0.25) is 0 Å². The third-order valence-corrected chi connectivity index (χ3v) is 8.83. The lowest BCUT2D eigenvalue weighted by Gasteiger charge is -2.28. The van der Waals surface area contributed by atoms with Crippen molar-refractivity contribution in [2.45, 2.75) is 81.1 Å². The first kappa shape index (κ1) is 36.2. The van der Waals surface area contributed by atoms with Crippen molar-refractivity contribution in [1.82, 2.24) is 24.5 Å². The first-order chi connectivity index (χ1) is 24.6. The number of aromatic nitrogens is 5. The summed E-state index contributed by atoms with van der Waals surface area (Å²) >= 11 is 0. The van der Waals surface area contributed by atoms with Crippen molar-refractivity contribution in [3.63, 3.8) is 0 Å². The van der Waals surface area contributed by atoms with Crippen LogP contribution >= 0.6 is 0 Å². The lowest BCUT2D eigenvalue weighted by atomic mass is 10.0. The van der Waals surface area contributed by atoms with Gasteiger partial charge in [-0.3, -0.25) is 23.8 Å². The van der Waals surface area contributed by atoms with Crippen molar-refractivity contribution >= 4 is 5.78 Å². The summed E-state index contributed by atoms with van der Waals surface area (Å²) in [6, 6.07) is 17.1. The van der Waals surface area contributed by atoms with Crippen LogP contribution in [0.5, 0.6) is 5.75 Å². The summed E-state index contributed by atoms with van der Waals surface area (Å²) in [4.78, 5) is 38.7. The van der Waals surface area contributed by atoms with Gasteiger partial charge in [-0.25, -0.2) is 4.79 Å². The molecule has 2 aliphatic heterocycles. The highest BCUT2D eigenvalue weighted by Gasteiger charge is 2.52. The van der Waals surface area contributed by atoms with Gasteiger partial charge < -0.3 is 45.1 Å². The lowest BCUT2D eigenvalue weighted by molar-refractivity contribution is -0.224. The van der Waals surface area contributed by atoms with Gasteiger partial charge in [-0.1, -0.05) is 35.5 Å². The molecule has 0 aliphatic carbocycles. The minimum atomic E-state index is -1.63. The molecule has 2 aliphatic rings. The second kappa shape index (κ2) is 16.2. The second-order valence-corrected chi connectivity index (χ2v) is 12.3. The number of hydrogen-bond acceptors (Lipinski definition) is 14. The van der Waals surface area contributed by atoms with E-state index in [9.17, 15) is 34.8 Å². The van der Waals surface area contributed by atoms with Crippen LogP contribution in [0.3, 0.4) is 0 Å². The fourth-order valence-corrected chi connectivity index (χ4v) is 6.03. The molecule has 51 heavy (non-hydrogen) atoms. The number of hydrogen-bond donors (Lipinski definition) is 6. The Morgan fingerprint density at radius 2 is 1.65 bits per heavy atom. The number of ether oxygens (including phenoxy) is 4. The van der Waals surface area contributed by atoms with Crippen LogP contribution in [0.25, 0.3) is 0 Å². The van der Waals surface area contributed by atoms with Crippen molar-refractivity contribution < 1.29 is 44.2 Å². The molecule has 2 fully saturated rings. The van der Waals surface area contributed by atoms with E-state index in [0.29, 0.717) is 36.4 Å². The number of unbranched alkanes of at least 4 members (excludes halogenated alkanes) is 2. The number of aliphatic hydroxyl groups excluding tert-OH is 4. The van der Waals surface area contributed by atoms with E-state index in [1.54, 1.807) is 47.3 Å². The molecule has 0 radical (unpaired) electrons. The topological polar surface area (TPSA) is 246 Å². The molecular formula is C34H40N6O11. The number of aromatic amines is 1. The average molecular weight is 709 g/mol. The van der Waals surface area contributed by atoms with Gasteiger partial charge >= 0.3 is 5.69 Å². The van der Waals surface area contributed by atoms with Gasteiger partial charge in [0, 0.05) is 36.5 Å². The Kier molecular flexibility index (Phi) is 11.5. The minimum absolute atomic E-state index is 0.0591. The fraction of sp³-hybridized carbons (Fsp3) is 0.441. The molecule has 7 N–H and O–H groups in total. The van der Waals surface area contributed by atoms with Gasteiger partial charge in [-0.2, -0.15) is 0 Å². The number of rotatable bonds is 15. The summed E-state index contributed by atoms with van der Waals surface area (Å²) in [6.07, 6.45) is -7.63. The molecule has 6 rings (SSSR count). The highest BCUT2D eigenvalue weighted by molar-refractivity contribution is 6.08. The normalized spacial score (nSPS) is 26.7. The van der Waals surface area contributed by atoms with Crippen LogP contribution in [0.1, 0.15) is 53.2 Å². The molecule has 4 heterocycles. The number of carbonyl (C=O) groups is 1. The second-order valence-electron chi connectivity index (χ2n) is 12.3. The quantitative estimate of drug-likeness (QED) is 0.0667.